The lowest BCUT2D eigenvalue weighted by Crippen LogP contribution is -2.05. The third-order valence-electron chi connectivity index (χ3n) is 3.62. The molecule has 5 nitrogen and oxygen atoms in total. The van der Waals surface area contributed by atoms with Crippen molar-refractivity contribution in [2.24, 2.45) is 0 Å². The molecule has 3 aromatic rings. The fourth-order valence-corrected chi connectivity index (χ4v) is 2.84. The number of benzene rings is 1. The van der Waals surface area contributed by atoms with Crippen molar-refractivity contribution in [3.05, 3.63) is 57.2 Å². The SMILES string of the molecule is COC(=O)c1ccc2c(n1)nc(C)n2Cc1cc(F)c(Cl)cc1Cl. The molecule has 0 aliphatic carbocycles. The van der Waals surface area contributed by atoms with Crippen molar-refractivity contribution in [1.82, 2.24) is 14.5 Å². The maximum absolute atomic E-state index is 13.7. The summed E-state index contributed by atoms with van der Waals surface area (Å²) in [6, 6.07) is 5.94. The Morgan fingerprint density at radius 3 is 2.71 bits per heavy atom. The number of halogens is 3. The summed E-state index contributed by atoms with van der Waals surface area (Å²) >= 11 is 11.9. The van der Waals surface area contributed by atoms with Gasteiger partial charge >= 0.3 is 5.97 Å². The van der Waals surface area contributed by atoms with Gasteiger partial charge in [0.1, 0.15) is 11.6 Å². The zero-order valence-electron chi connectivity index (χ0n) is 12.8. The third kappa shape index (κ3) is 2.95. The van der Waals surface area contributed by atoms with Gasteiger partial charge in [-0.25, -0.2) is 19.2 Å². The van der Waals surface area contributed by atoms with E-state index in [1.54, 1.807) is 19.1 Å². The largest absolute Gasteiger partial charge is 0.464 e. The number of methoxy groups -OCH3 is 1. The van der Waals surface area contributed by atoms with Crippen LogP contribution >= 0.6 is 23.2 Å². The van der Waals surface area contributed by atoms with Crippen molar-refractivity contribution in [3.8, 4) is 0 Å². The number of hydrogen-bond donors (Lipinski definition) is 0. The Bertz CT molecular complexity index is 956. The number of imidazole rings is 1. The number of rotatable bonds is 3. The molecule has 1 aromatic carbocycles. The molecule has 0 N–H and O–H groups in total. The first-order valence-electron chi connectivity index (χ1n) is 6.96. The number of aryl methyl sites for hydroxylation is 1. The smallest absolute Gasteiger partial charge is 0.356 e. The average Bonchev–Trinajstić information content (AvgIpc) is 2.86. The van der Waals surface area contributed by atoms with Crippen LogP contribution in [0, 0.1) is 12.7 Å². The summed E-state index contributed by atoms with van der Waals surface area (Å²) in [4.78, 5) is 20.1. The molecule has 0 atom stereocenters. The van der Waals surface area contributed by atoms with E-state index in [-0.39, 0.29) is 10.7 Å². The van der Waals surface area contributed by atoms with E-state index in [2.05, 4.69) is 14.7 Å². The number of nitrogens with zero attached hydrogens (tertiary/aromatic N) is 3. The van der Waals surface area contributed by atoms with Crippen LogP contribution in [0.1, 0.15) is 21.9 Å². The maximum atomic E-state index is 13.7. The molecule has 3 rings (SSSR count). The van der Waals surface area contributed by atoms with Crippen molar-refractivity contribution < 1.29 is 13.9 Å². The highest BCUT2D eigenvalue weighted by Gasteiger charge is 2.15. The summed E-state index contributed by atoms with van der Waals surface area (Å²) in [7, 11) is 1.29. The van der Waals surface area contributed by atoms with E-state index < -0.39 is 11.8 Å². The van der Waals surface area contributed by atoms with Crippen LogP contribution in [-0.2, 0) is 11.3 Å². The molecule has 0 bridgehead atoms. The molecule has 0 radical (unpaired) electrons. The first kappa shape index (κ1) is 16.7. The second-order valence-electron chi connectivity index (χ2n) is 5.13. The molecular weight excluding hydrogens is 356 g/mol. The lowest BCUT2D eigenvalue weighted by atomic mass is 10.2. The molecule has 24 heavy (non-hydrogen) atoms. The number of aromatic nitrogens is 3. The zero-order chi connectivity index (χ0) is 17.4. The normalized spacial score (nSPS) is 11.0. The van der Waals surface area contributed by atoms with Crippen molar-refractivity contribution in [2.45, 2.75) is 13.5 Å². The minimum Gasteiger partial charge on any atom is -0.464 e. The van der Waals surface area contributed by atoms with Crippen LogP contribution in [0.25, 0.3) is 11.2 Å². The monoisotopic (exact) mass is 367 g/mol. The minimum atomic E-state index is -0.538. The summed E-state index contributed by atoms with van der Waals surface area (Å²) in [5.41, 5.74) is 1.84. The molecule has 0 aliphatic rings. The molecule has 8 heteroatoms. The van der Waals surface area contributed by atoms with Gasteiger partial charge in [0.25, 0.3) is 0 Å². The first-order valence-corrected chi connectivity index (χ1v) is 7.72. The Kier molecular flexibility index (Phi) is 4.43. The van der Waals surface area contributed by atoms with E-state index >= 15 is 0 Å². The molecule has 0 spiro atoms. The fraction of sp³-hybridized carbons (Fsp3) is 0.188. The van der Waals surface area contributed by atoms with Gasteiger partial charge in [0.2, 0.25) is 0 Å². The topological polar surface area (TPSA) is 57.0 Å². The van der Waals surface area contributed by atoms with Gasteiger partial charge in [-0.1, -0.05) is 23.2 Å². The first-order chi connectivity index (χ1) is 11.4. The van der Waals surface area contributed by atoms with E-state index in [0.29, 0.717) is 34.1 Å². The highest BCUT2D eigenvalue weighted by Crippen LogP contribution is 2.26. The van der Waals surface area contributed by atoms with Crippen LogP contribution < -0.4 is 0 Å². The number of fused-ring (bicyclic) bond motifs is 1. The summed E-state index contributed by atoms with van der Waals surface area (Å²) < 4.78 is 20.2. The van der Waals surface area contributed by atoms with Gasteiger partial charge in [-0.05, 0) is 36.8 Å². The molecule has 0 saturated heterocycles. The molecule has 2 aromatic heterocycles. The highest BCUT2D eigenvalue weighted by molar-refractivity contribution is 6.35. The van der Waals surface area contributed by atoms with Crippen molar-refractivity contribution in [3.63, 3.8) is 0 Å². The average molecular weight is 368 g/mol. The Balaban J connectivity index is 2.06. The zero-order valence-corrected chi connectivity index (χ0v) is 14.3. The van der Waals surface area contributed by atoms with Crippen LogP contribution in [0.4, 0.5) is 4.39 Å². The van der Waals surface area contributed by atoms with Gasteiger partial charge in [0.15, 0.2) is 11.3 Å². The molecular formula is C16H12Cl2FN3O2. The lowest BCUT2D eigenvalue weighted by Gasteiger charge is -2.10. The maximum Gasteiger partial charge on any atom is 0.356 e. The van der Waals surface area contributed by atoms with E-state index in [1.165, 1.54) is 19.2 Å². The van der Waals surface area contributed by atoms with E-state index in [1.807, 2.05) is 4.57 Å². The van der Waals surface area contributed by atoms with E-state index in [0.717, 1.165) is 0 Å². The number of ether oxygens (including phenoxy) is 1. The molecule has 0 unspecified atom stereocenters. The number of carbonyl (C=O) groups excluding carboxylic acids is 1. The van der Waals surface area contributed by atoms with Crippen LogP contribution in [-0.4, -0.2) is 27.6 Å². The quantitative estimate of drug-likeness (QED) is 0.518. The van der Waals surface area contributed by atoms with Crippen molar-refractivity contribution >= 4 is 40.3 Å². The predicted molar refractivity (Wildman–Crippen MR) is 89.1 cm³/mol. The Morgan fingerprint density at radius 2 is 2.00 bits per heavy atom. The lowest BCUT2D eigenvalue weighted by molar-refractivity contribution is 0.0594. The van der Waals surface area contributed by atoms with Crippen LogP contribution in [0.3, 0.4) is 0 Å². The number of carbonyl (C=O) groups is 1. The Labute approximate surface area is 147 Å². The van der Waals surface area contributed by atoms with E-state index in [4.69, 9.17) is 23.2 Å². The second kappa shape index (κ2) is 6.37. The summed E-state index contributed by atoms with van der Waals surface area (Å²) in [6.45, 7) is 2.09. The fourth-order valence-electron chi connectivity index (χ4n) is 2.40. The molecule has 2 heterocycles. The van der Waals surface area contributed by atoms with Crippen molar-refractivity contribution in [1.29, 1.82) is 0 Å². The third-order valence-corrected chi connectivity index (χ3v) is 4.26. The molecule has 0 aliphatic heterocycles. The van der Waals surface area contributed by atoms with Gasteiger partial charge < -0.3 is 9.30 Å². The number of esters is 1. The number of pyridine rings is 1. The molecule has 0 amide bonds. The Hall–Kier alpha value is -2.18. The van der Waals surface area contributed by atoms with Gasteiger partial charge in [0.05, 0.1) is 24.2 Å². The van der Waals surface area contributed by atoms with Gasteiger partial charge in [0, 0.05) is 5.02 Å². The summed E-state index contributed by atoms with van der Waals surface area (Å²) in [6.07, 6.45) is 0. The van der Waals surface area contributed by atoms with Gasteiger partial charge in [-0.3, -0.25) is 0 Å². The van der Waals surface area contributed by atoms with Crippen molar-refractivity contribution in [2.75, 3.05) is 7.11 Å². The van der Waals surface area contributed by atoms with Gasteiger partial charge in [-0.2, -0.15) is 0 Å². The number of hydrogen-bond acceptors (Lipinski definition) is 4. The molecule has 0 saturated carbocycles. The summed E-state index contributed by atoms with van der Waals surface area (Å²) in [5, 5.41) is 0.335. The van der Waals surface area contributed by atoms with Crippen LogP contribution in [0.5, 0.6) is 0 Å². The van der Waals surface area contributed by atoms with E-state index in [9.17, 15) is 9.18 Å². The molecule has 124 valence electrons. The minimum absolute atomic E-state index is 0.0275. The highest BCUT2D eigenvalue weighted by atomic mass is 35.5. The second-order valence-corrected chi connectivity index (χ2v) is 5.95. The standard InChI is InChI=1S/C16H12Cl2FN3O2/c1-8-20-15-14(4-3-13(21-15)16(23)24-2)22(8)7-9-5-12(19)11(18)6-10(9)17/h3-6H,7H2,1-2H3. The van der Waals surface area contributed by atoms with Crippen LogP contribution in [0.2, 0.25) is 10.0 Å². The van der Waals surface area contributed by atoms with Gasteiger partial charge in [-0.15, -0.1) is 0 Å². The summed E-state index contributed by atoms with van der Waals surface area (Å²) in [5.74, 6) is -0.415. The Morgan fingerprint density at radius 1 is 1.25 bits per heavy atom. The predicted octanol–water partition coefficient (Wildman–Crippen LogP) is 4.02. The van der Waals surface area contributed by atoms with Crippen LogP contribution in [0.15, 0.2) is 24.3 Å². The molecule has 0 fully saturated rings.